The van der Waals surface area contributed by atoms with Crippen LogP contribution in [0.5, 0.6) is 0 Å². The van der Waals surface area contributed by atoms with E-state index < -0.39 is 8.07 Å². The van der Waals surface area contributed by atoms with Crippen molar-refractivity contribution >= 4 is 35.2 Å². The first-order valence-corrected chi connectivity index (χ1v) is 19.4. The molecule has 0 aliphatic carbocycles. The topological polar surface area (TPSA) is 38.9 Å². The maximum atomic E-state index is 6.20. The second-order valence-corrected chi connectivity index (χ2v) is 18.4. The molecule has 0 saturated carbocycles. The maximum Gasteiger partial charge on any atom is 0.120 e. The zero-order valence-electron chi connectivity index (χ0n) is 28.1. The van der Waals surface area contributed by atoms with Gasteiger partial charge in [-0.15, -0.1) is 53.6 Å². The molecule has 5 heteroatoms. The molecule has 7 aromatic rings. The molecular weight excluding hydrogens is 769 g/mol. The third-order valence-electron chi connectivity index (χ3n) is 8.31. The van der Waals surface area contributed by atoms with E-state index in [1.807, 2.05) is 36.5 Å². The first-order chi connectivity index (χ1) is 22.1. The Bertz CT molecular complexity index is 2140. The van der Waals surface area contributed by atoms with E-state index in [0.29, 0.717) is 5.92 Å². The van der Waals surface area contributed by atoms with E-state index in [-0.39, 0.29) is 20.1 Å². The van der Waals surface area contributed by atoms with Crippen molar-refractivity contribution in [3.63, 3.8) is 0 Å². The van der Waals surface area contributed by atoms with E-state index in [9.17, 15) is 0 Å². The quantitative estimate of drug-likeness (QED) is 0.128. The zero-order chi connectivity index (χ0) is 32.4. The summed E-state index contributed by atoms with van der Waals surface area (Å²) in [5, 5.41) is 3.68. The van der Waals surface area contributed by atoms with Crippen LogP contribution in [0.25, 0.3) is 55.6 Å². The molecule has 0 aliphatic heterocycles. The van der Waals surface area contributed by atoms with Crippen LogP contribution in [0.3, 0.4) is 0 Å². The molecule has 0 amide bonds. The molecule has 1 radical (unpaired) electrons. The number of hydrogen-bond donors (Lipinski definition) is 0. The van der Waals surface area contributed by atoms with Gasteiger partial charge in [0.25, 0.3) is 0 Å². The van der Waals surface area contributed by atoms with Crippen LogP contribution in [0.4, 0.5) is 0 Å². The number of hydrogen-bond acceptors (Lipinski definition) is 3. The molecular formula is C42H40IrN2OSi-2. The van der Waals surface area contributed by atoms with Gasteiger partial charge in [0.15, 0.2) is 0 Å². The Morgan fingerprint density at radius 2 is 1.45 bits per heavy atom. The Morgan fingerprint density at radius 3 is 2.15 bits per heavy atom. The molecule has 0 spiro atoms. The Balaban J connectivity index is 0.000000188. The Morgan fingerprint density at radius 1 is 0.702 bits per heavy atom. The van der Waals surface area contributed by atoms with Crippen molar-refractivity contribution in [3.8, 4) is 33.6 Å². The van der Waals surface area contributed by atoms with Crippen molar-refractivity contribution in [3.05, 3.63) is 138 Å². The molecule has 3 heterocycles. The van der Waals surface area contributed by atoms with Gasteiger partial charge >= 0.3 is 0 Å². The Hall–Kier alpha value is -4.15. The van der Waals surface area contributed by atoms with Crippen molar-refractivity contribution in [2.45, 2.75) is 53.3 Å². The van der Waals surface area contributed by atoms with Gasteiger partial charge in [-0.1, -0.05) is 111 Å². The molecule has 0 aliphatic rings. The SMILES string of the molecule is Cc1cc[c-]c(-c2cc(C(C)C)c([Si](C)(C)C)cn2)c1.Cc1ccnc(-c2[c-]ccc3c2oc2ccc(-c4ccccc4)cc23)c1.[Ir]. The molecule has 0 fully saturated rings. The number of nitrogens with zero attached hydrogens (tertiary/aromatic N) is 2. The standard InChI is InChI=1S/C24H16NO.C18H24NSi.Ir/c1-16-12-13-25-22(14-16)20-9-5-8-19-21-15-18(17-6-3-2-4-7-17)10-11-23(21)26-24(19)20;1-13(2)16-11-17(15-9-7-8-14(3)10-15)19-12-18(16)20(4,5)6;/h2-8,10-15H,1H3;7-8,10-13H,1-6H3;/q2*-1;. The predicted octanol–water partition coefficient (Wildman–Crippen LogP) is 10.9. The molecule has 0 bridgehead atoms. The van der Waals surface area contributed by atoms with E-state index in [4.69, 9.17) is 9.40 Å². The van der Waals surface area contributed by atoms with Crippen LogP contribution in [-0.2, 0) is 20.1 Å². The van der Waals surface area contributed by atoms with E-state index in [1.165, 1.54) is 33.0 Å². The number of rotatable bonds is 5. The van der Waals surface area contributed by atoms with Gasteiger partial charge < -0.3 is 14.4 Å². The normalized spacial score (nSPS) is 11.3. The van der Waals surface area contributed by atoms with Crippen molar-refractivity contribution in [1.82, 2.24) is 9.97 Å². The number of aryl methyl sites for hydroxylation is 2. The fourth-order valence-corrected chi connectivity index (χ4v) is 7.54. The van der Waals surface area contributed by atoms with Crippen LogP contribution < -0.4 is 5.19 Å². The van der Waals surface area contributed by atoms with Crippen LogP contribution in [-0.4, -0.2) is 18.0 Å². The third-order valence-corrected chi connectivity index (χ3v) is 10.3. The minimum Gasteiger partial charge on any atom is -0.501 e. The van der Waals surface area contributed by atoms with Gasteiger partial charge in [0, 0.05) is 37.9 Å². The van der Waals surface area contributed by atoms with Crippen molar-refractivity contribution in [2.75, 3.05) is 0 Å². The number of benzene rings is 4. The molecule has 0 N–H and O–H groups in total. The van der Waals surface area contributed by atoms with E-state index in [2.05, 4.69) is 137 Å². The minimum atomic E-state index is -1.35. The monoisotopic (exact) mass is 809 g/mol. The van der Waals surface area contributed by atoms with E-state index >= 15 is 0 Å². The van der Waals surface area contributed by atoms with Gasteiger partial charge in [0.2, 0.25) is 0 Å². The zero-order valence-corrected chi connectivity index (χ0v) is 31.5. The summed E-state index contributed by atoms with van der Waals surface area (Å²) < 4.78 is 6.20. The smallest absolute Gasteiger partial charge is 0.120 e. The second-order valence-electron chi connectivity index (χ2n) is 13.3. The second kappa shape index (κ2) is 14.3. The average molecular weight is 809 g/mol. The Kier molecular flexibility index (Phi) is 10.4. The first-order valence-electron chi connectivity index (χ1n) is 15.9. The maximum absolute atomic E-state index is 6.20. The number of aromatic nitrogens is 2. The van der Waals surface area contributed by atoms with Crippen molar-refractivity contribution in [2.24, 2.45) is 0 Å². The first kappa shape index (κ1) is 34.2. The van der Waals surface area contributed by atoms with E-state index in [0.717, 1.165) is 44.5 Å². The fourth-order valence-electron chi connectivity index (χ4n) is 5.87. The van der Waals surface area contributed by atoms with E-state index in [1.54, 1.807) is 0 Å². The van der Waals surface area contributed by atoms with Gasteiger partial charge in [-0.25, -0.2) is 0 Å². The summed E-state index contributed by atoms with van der Waals surface area (Å²) in [7, 11) is -1.35. The third kappa shape index (κ3) is 7.54. The molecule has 47 heavy (non-hydrogen) atoms. The van der Waals surface area contributed by atoms with Gasteiger partial charge in [0.1, 0.15) is 5.58 Å². The number of fused-ring (bicyclic) bond motifs is 3. The minimum absolute atomic E-state index is 0. The largest absolute Gasteiger partial charge is 0.501 e. The molecule has 3 aromatic heterocycles. The predicted molar refractivity (Wildman–Crippen MR) is 196 cm³/mol. The number of pyridine rings is 2. The summed E-state index contributed by atoms with van der Waals surface area (Å²) in [6.45, 7) is 15.9. The van der Waals surface area contributed by atoms with Crippen LogP contribution in [0.1, 0.15) is 36.5 Å². The summed E-state index contributed by atoms with van der Waals surface area (Å²) in [5.74, 6) is 0.531. The molecule has 3 nitrogen and oxygen atoms in total. The summed E-state index contributed by atoms with van der Waals surface area (Å²) in [5.41, 5.74) is 11.9. The summed E-state index contributed by atoms with van der Waals surface area (Å²) in [6, 6.07) is 39.9. The molecule has 7 rings (SSSR count). The van der Waals surface area contributed by atoms with Crippen LogP contribution >= 0.6 is 0 Å². The van der Waals surface area contributed by atoms with Crippen molar-refractivity contribution < 1.29 is 24.5 Å². The average Bonchev–Trinajstić information content (AvgIpc) is 3.43. The van der Waals surface area contributed by atoms with Crippen molar-refractivity contribution in [1.29, 1.82) is 0 Å². The molecule has 0 unspecified atom stereocenters. The Labute approximate surface area is 293 Å². The van der Waals surface area contributed by atoms with Gasteiger partial charge in [-0.2, -0.15) is 0 Å². The van der Waals surface area contributed by atoms with Crippen LogP contribution in [0.15, 0.2) is 114 Å². The van der Waals surface area contributed by atoms with Crippen LogP contribution in [0.2, 0.25) is 19.6 Å². The van der Waals surface area contributed by atoms with Crippen LogP contribution in [0, 0.1) is 26.0 Å². The van der Waals surface area contributed by atoms with Gasteiger partial charge in [-0.3, -0.25) is 0 Å². The summed E-state index contributed by atoms with van der Waals surface area (Å²) in [6.07, 6.45) is 3.93. The summed E-state index contributed by atoms with van der Waals surface area (Å²) >= 11 is 0. The number of furan rings is 1. The summed E-state index contributed by atoms with van der Waals surface area (Å²) in [4.78, 5) is 9.21. The fraction of sp³-hybridized carbons (Fsp3) is 0.190. The van der Waals surface area contributed by atoms with Gasteiger partial charge in [-0.05, 0) is 58.7 Å². The molecule has 0 saturated heterocycles. The molecule has 0 atom stereocenters. The molecule has 4 aromatic carbocycles. The van der Waals surface area contributed by atoms with Gasteiger partial charge in [0.05, 0.1) is 13.7 Å². The molecule has 239 valence electrons.